The van der Waals surface area contributed by atoms with E-state index in [2.05, 4.69) is 21.2 Å². The van der Waals surface area contributed by atoms with Gasteiger partial charge in [0.25, 0.3) is 5.91 Å². The molecule has 0 saturated carbocycles. The molecule has 0 radical (unpaired) electrons. The number of carbonyl (C=O) groups is 1. The zero-order valence-electron chi connectivity index (χ0n) is 10.7. The number of carbonyl (C=O) groups excluding carboxylic acids is 1. The molecule has 1 unspecified atom stereocenters. The number of nitrogens with two attached hydrogens (primary N) is 1. The molecule has 4 nitrogen and oxygen atoms in total. The van der Waals surface area contributed by atoms with E-state index in [0.717, 1.165) is 16.6 Å². The van der Waals surface area contributed by atoms with Crippen molar-refractivity contribution in [1.29, 1.82) is 0 Å². The Morgan fingerprint density at radius 2 is 2.22 bits per heavy atom. The number of benzene rings is 1. The molecule has 0 spiro atoms. The van der Waals surface area contributed by atoms with Gasteiger partial charge in [-0.1, -0.05) is 26.0 Å². The SMILES string of the molecule is CCNCc1cccc(Br)c1OC(CC)C(N)=O. The standard InChI is InChI=1S/C13H19BrN2O2/c1-3-11(13(15)17)18-12-9(8-16-4-2)6-5-7-10(12)14/h5-7,11,16H,3-4,8H2,1-2H3,(H2,15,17). The van der Waals surface area contributed by atoms with E-state index in [9.17, 15) is 4.79 Å². The smallest absolute Gasteiger partial charge is 0.258 e. The Hall–Kier alpha value is -1.07. The molecular formula is C13H19BrN2O2. The fraction of sp³-hybridized carbons (Fsp3) is 0.462. The number of amides is 1. The van der Waals surface area contributed by atoms with Crippen LogP contribution in [0.25, 0.3) is 0 Å². The third-order valence-electron chi connectivity index (χ3n) is 2.56. The highest BCUT2D eigenvalue weighted by Gasteiger charge is 2.18. The van der Waals surface area contributed by atoms with E-state index < -0.39 is 12.0 Å². The monoisotopic (exact) mass is 314 g/mol. The van der Waals surface area contributed by atoms with Crippen LogP contribution in [0.1, 0.15) is 25.8 Å². The maximum Gasteiger partial charge on any atom is 0.258 e. The van der Waals surface area contributed by atoms with E-state index in [1.54, 1.807) is 0 Å². The second-order valence-electron chi connectivity index (χ2n) is 3.93. The average molecular weight is 315 g/mol. The Morgan fingerprint density at radius 3 is 2.78 bits per heavy atom. The summed E-state index contributed by atoms with van der Waals surface area (Å²) in [5, 5.41) is 3.24. The van der Waals surface area contributed by atoms with E-state index in [1.807, 2.05) is 32.0 Å². The summed E-state index contributed by atoms with van der Waals surface area (Å²) >= 11 is 3.44. The van der Waals surface area contributed by atoms with Crippen molar-refractivity contribution in [3.63, 3.8) is 0 Å². The summed E-state index contributed by atoms with van der Waals surface area (Å²) in [6.45, 7) is 5.48. The first-order chi connectivity index (χ1) is 8.60. The second-order valence-corrected chi connectivity index (χ2v) is 4.78. The number of halogens is 1. The van der Waals surface area contributed by atoms with Gasteiger partial charge in [0.2, 0.25) is 0 Å². The molecule has 3 N–H and O–H groups in total. The molecule has 18 heavy (non-hydrogen) atoms. The number of primary amides is 1. The van der Waals surface area contributed by atoms with E-state index in [0.29, 0.717) is 18.7 Å². The van der Waals surface area contributed by atoms with Crippen molar-refractivity contribution in [1.82, 2.24) is 5.32 Å². The van der Waals surface area contributed by atoms with Crippen LogP contribution >= 0.6 is 15.9 Å². The number of ether oxygens (including phenoxy) is 1. The molecule has 1 aromatic carbocycles. The summed E-state index contributed by atoms with van der Waals surface area (Å²) in [6.07, 6.45) is -0.0406. The van der Waals surface area contributed by atoms with Gasteiger partial charge in [-0.25, -0.2) is 0 Å². The maximum absolute atomic E-state index is 11.2. The molecule has 1 atom stereocenters. The molecule has 0 aromatic heterocycles. The van der Waals surface area contributed by atoms with Gasteiger partial charge in [-0.2, -0.15) is 0 Å². The Balaban J connectivity index is 2.94. The molecule has 0 aliphatic rings. The summed E-state index contributed by atoms with van der Waals surface area (Å²) in [5.74, 6) is 0.242. The summed E-state index contributed by atoms with van der Waals surface area (Å²) < 4.78 is 6.55. The van der Waals surface area contributed by atoms with Gasteiger partial charge in [-0.3, -0.25) is 4.79 Å². The summed E-state index contributed by atoms with van der Waals surface area (Å²) in [7, 11) is 0. The van der Waals surface area contributed by atoms with Crippen molar-refractivity contribution in [2.24, 2.45) is 5.73 Å². The summed E-state index contributed by atoms with van der Waals surface area (Å²) in [5.41, 5.74) is 6.31. The molecule has 0 fully saturated rings. The number of para-hydroxylation sites is 1. The Bertz CT molecular complexity index is 410. The quantitative estimate of drug-likeness (QED) is 0.811. The normalized spacial score (nSPS) is 12.2. The van der Waals surface area contributed by atoms with Crippen molar-refractivity contribution in [3.8, 4) is 5.75 Å². The number of rotatable bonds is 7. The fourth-order valence-electron chi connectivity index (χ4n) is 1.57. The van der Waals surface area contributed by atoms with Gasteiger partial charge in [0.05, 0.1) is 4.47 Å². The first kappa shape index (κ1) is 15.0. The van der Waals surface area contributed by atoms with Gasteiger partial charge < -0.3 is 15.8 Å². The lowest BCUT2D eigenvalue weighted by Gasteiger charge is -2.18. The first-order valence-corrected chi connectivity index (χ1v) is 6.83. The Morgan fingerprint density at radius 1 is 1.50 bits per heavy atom. The van der Waals surface area contributed by atoms with E-state index in [4.69, 9.17) is 10.5 Å². The minimum absolute atomic E-state index is 0.442. The van der Waals surface area contributed by atoms with Crippen LogP contribution in [-0.2, 0) is 11.3 Å². The van der Waals surface area contributed by atoms with Crippen molar-refractivity contribution in [2.45, 2.75) is 32.9 Å². The minimum atomic E-state index is -0.593. The van der Waals surface area contributed by atoms with Gasteiger partial charge in [-0.15, -0.1) is 0 Å². The highest BCUT2D eigenvalue weighted by molar-refractivity contribution is 9.10. The summed E-state index contributed by atoms with van der Waals surface area (Å²) in [4.78, 5) is 11.2. The van der Waals surface area contributed by atoms with Crippen LogP contribution in [-0.4, -0.2) is 18.6 Å². The molecule has 1 amide bonds. The molecule has 0 aliphatic carbocycles. The Kier molecular flexibility index (Phi) is 6.15. The molecule has 0 aliphatic heterocycles. The predicted molar refractivity (Wildman–Crippen MR) is 75.4 cm³/mol. The first-order valence-electron chi connectivity index (χ1n) is 6.04. The van der Waals surface area contributed by atoms with Gasteiger partial charge in [0, 0.05) is 12.1 Å². The zero-order valence-corrected chi connectivity index (χ0v) is 12.3. The molecule has 1 aromatic rings. The lowest BCUT2D eigenvalue weighted by Crippen LogP contribution is -2.33. The molecule has 1 rings (SSSR count). The largest absolute Gasteiger partial charge is 0.479 e. The third-order valence-corrected chi connectivity index (χ3v) is 3.19. The lowest BCUT2D eigenvalue weighted by molar-refractivity contribution is -0.124. The highest BCUT2D eigenvalue weighted by atomic mass is 79.9. The second kappa shape index (κ2) is 7.38. The van der Waals surface area contributed by atoms with Crippen LogP contribution in [0, 0.1) is 0 Å². The van der Waals surface area contributed by atoms with Gasteiger partial charge >= 0.3 is 0 Å². The van der Waals surface area contributed by atoms with E-state index in [-0.39, 0.29) is 0 Å². The lowest BCUT2D eigenvalue weighted by atomic mass is 10.2. The van der Waals surface area contributed by atoms with Gasteiger partial charge in [-0.05, 0) is 35.0 Å². The van der Waals surface area contributed by atoms with E-state index >= 15 is 0 Å². The zero-order chi connectivity index (χ0) is 13.5. The molecule has 0 heterocycles. The molecular weight excluding hydrogens is 296 g/mol. The number of nitrogens with one attached hydrogen (secondary N) is 1. The Labute approximate surface area is 116 Å². The average Bonchev–Trinajstić information content (AvgIpc) is 2.34. The summed E-state index contributed by atoms with van der Waals surface area (Å²) in [6, 6.07) is 5.80. The molecule has 5 heteroatoms. The van der Waals surface area contributed by atoms with Crippen LogP contribution in [0.5, 0.6) is 5.75 Å². The van der Waals surface area contributed by atoms with Crippen LogP contribution in [0.2, 0.25) is 0 Å². The molecule has 0 bridgehead atoms. The molecule has 0 saturated heterocycles. The predicted octanol–water partition coefficient (Wildman–Crippen LogP) is 2.20. The number of hydrogen-bond acceptors (Lipinski definition) is 3. The van der Waals surface area contributed by atoms with Crippen molar-refractivity contribution in [3.05, 3.63) is 28.2 Å². The van der Waals surface area contributed by atoms with Gasteiger partial charge in [0.15, 0.2) is 6.10 Å². The van der Waals surface area contributed by atoms with Crippen LogP contribution in [0.15, 0.2) is 22.7 Å². The van der Waals surface area contributed by atoms with Crippen molar-refractivity contribution < 1.29 is 9.53 Å². The minimum Gasteiger partial charge on any atom is -0.479 e. The fourth-order valence-corrected chi connectivity index (χ4v) is 2.07. The highest BCUT2D eigenvalue weighted by Crippen LogP contribution is 2.30. The van der Waals surface area contributed by atoms with Crippen LogP contribution in [0.4, 0.5) is 0 Å². The number of hydrogen-bond donors (Lipinski definition) is 2. The topological polar surface area (TPSA) is 64.3 Å². The van der Waals surface area contributed by atoms with E-state index in [1.165, 1.54) is 0 Å². The van der Waals surface area contributed by atoms with Crippen molar-refractivity contribution in [2.75, 3.05) is 6.54 Å². The molecule has 100 valence electrons. The van der Waals surface area contributed by atoms with Crippen LogP contribution in [0.3, 0.4) is 0 Å². The maximum atomic E-state index is 11.2. The van der Waals surface area contributed by atoms with Crippen LogP contribution < -0.4 is 15.8 Å². The van der Waals surface area contributed by atoms with Gasteiger partial charge in [0.1, 0.15) is 5.75 Å². The third kappa shape index (κ3) is 3.99. The van der Waals surface area contributed by atoms with Crippen molar-refractivity contribution >= 4 is 21.8 Å².